The fourth-order valence-electron chi connectivity index (χ4n) is 5.44. The van der Waals surface area contributed by atoms with Crippen LogP contribution in [0.25, 0.3) is 10.9 Å². The number of anilines is 1. The Morgan fingerprint density at radius 1 is 0.957 bits per heavy atom. The minimum Gasteiger partial charge on any atom is -0.444 e. The number of fused-ring (bicyclic) bond motifs is 2. The summed E-state index contributed by atoms with van der Waals surface area (Å²) < 4.78 is 20.0. The molecular weight excluding hydrogens is 602 g/mol. The number of amides is 2. The number of aromatic nitrogens is 5. The molecule has 4 heterocycles. The van der Waals surface area contributed by atoms with E-state index in [1.807, 2.05) is 33.8 Å². The highest BCUT2D eigenvalue weighted by molar-refractivity contribution is 5.99. The second-order valence-electron chi connectivity index (χ2n) is 14.6. The monoisotopic (exact) mass is 643 g/mol. The lowest BCUT2D eigenvalue weighted by atomic mass is 10.00. The van der Waals surface area contributed by atoms with E-state index in [1.54, 1.807) is 56.1 Å². The highest BCUT2D eigenvalue weighted by atomic mass is 16.6. The van der Waals surface area contributed by atoms with E-state index in [-0.39, 0.29) is 29.9 Å². The molecule has 6 rings (SSSR count). The lowest BCUT2D eigenvalue weighted by Crippen LogP contribution is -2.45. The maximum Gasteiger partial charge on any atom is 0.437 e. The van der Waals surface area contributed by atoms with Gasteiger partial charge in [-0.15, -0.1) is 4.68 Å². The minimum absolute atomic E-state index is 0.123. The predicted octanol–water partition coefficient (Wildman–Crippen LogP) is 7.02. The Morgan fingerprint density at radius 2 is 1.66 bits per heavy atom. The summed E-state index contributed by atoms with van der Waals surface area (Å²) in [4.78, 5) is 49.8. The number of carbonyl (C=O) groups is 3. The van der Waals surface area contributed by atoms with Crippen molar-refractivity contribution in [3.05, 3.63) is 59.8 Å². The van der Waals surface area contributed by atoms with Gasteiger partial charge in [-0.05, 0) is 92.0 Å². The lowest BCUT2D eigenvalue weighted by molar-refractivity contribution is 0.0132. The van der Waals surface area contributed by atoms with Crippen LogP contribution in [-0.2, 0) is 27.9 Å². The first kappa shape index (κ1) is 32.0. The Bertz CT molecular complexity index is 1880. The van der Waals surface area contributed by atoms with Crippen LogP contribution in [0.1, 0.15) is 85.2 Å². The Balaban J connectivity index is 1.20. The summed E-state index contributed by atoms with van der Waals surface area (Å²) in [5.74, 6) is 1.18. The molecule has 3 aromatic heterocycles. The second kappa shape index (κ2) is 11.4. The van der Waals surface area contributed by atoms with Gasteiger partial charge in [0.1, 0.15) is 29.1 Å². The maximum atomic E-state index is 13.5. The van der Waals surface area contributed by atoms with Gasteiger partial charge < -0.3 is 14.2 Å². The summed E-state index contributed by atoms with van der Waals surface area (Å²) in [7, 11) is 0. The second-order valence-corrected chi connectivity index (χ2v) is 14.6. The molecular formula is C34H41N7O6. The number of nitrogens with zero attached hydrogens (tertiary/aromatic N) is 6. The highest BCUT2D eigenvalue weighted by Gasteiger charge is 2.42. The van der Waals surface area contributed by atoms with Crippen molar-refractivity contribution >= 4 is 34.9 Å². The topological polar surface area (TPSA) is 143 Å². The van der Waals surface area contributed by atoms with Crippen molar-refractivity contribution in [3.8, 4) is 11.6 Å². The molecule has 0 saturated heterocycles. The van der Waals surface area contributed by atoms with Crippen molar-refractivity contribution < 1.29 is 28.6 Å². The molecule has 0 bridgehead atoms. The molecule has 2 amide bonds. The summed E-state index contributed by atoms with van der Waals surface area (Å²) in [5, 5.41) is 8.11. The number of rotatable bonds is 4. The molecule has 1 aliphatic heterocycles. The Morgan fingerprint density at radius 3 is 2.34 bits per heavy atom. The highest BCUT2D eigenvalue weighted by Crippen LogP contribution is 2.47. The third kappa shape index (κ3) is 6.79. The van der Waals surface area contributed by atoms with E-state index in [4.69, 9.17) is 14.2 Å². The van der Waals surface area contributed by atoms with Crippen molar-refractivity contribution in [2.75, 3.05) is 5.32 Å². The number of nitrogens with one attached hydrogen (secondary N) is 1. The van der Waals surface area contributed by atoms with E-state index in [0.717, 1.165) is 34.2 Å². The van der Waals surface area contributed by atoms with Gasteiger partial charge in [-0.2, -0.15) is 5.10 Å². The quantitative estimate of drug-likeness (QED) is 0.248. The number of ether oxygens (including phenoxy) is 3. The van der Waals surface area contributed by atoms with Gasteiger partial charge in [0.25, 0.3) is 0 Å². The van der Waals surface area contributed by atoms with Gasteiger partial charge in [-0.3, -0.25) is 14.8 Å². The number of carbonyl (C=O) groups excluding carboxylic acids is 3. The zero-order valence-electron chi connectivity index (χ0n) is 28.1. The first-order valence-electron chi connectivity index (χ1n) is 15.8. The van der Waals surface area contributed by atoms with E-state index >= 15 is 0 Å². The largest absolute Gasteiger partial charge is 0.444 e. The van der Waals surface area contributed by atoms with E-state index in [0.29, 0.717) is 29.3 Å². The molecule has 1 N–H and O–H groups in total. The first-order chi connectivity index (χ1) is 22.0. The normalized spacial score (nSPS) is 17.2. The molecule has 1 aliphatic carbocycles. The van der Waals surface area contributed by atoms with Gasteiger partial charge in [-0.1, -0.05) is 6.92 Å². The molecule has 1 aromatic carbocycles. The molecule has 0 radical (unpaired) electrons. The average Bonchev–Trinajstić information content (AvgIpc) is 3.37. The molecule has 1 fully saturated rings. The van der Waals surface area contributed by atoms with Gasteiger partial charge in [0.05, 0.1) is 23.4 Å². The van der Waals surface area contributed by atoms with Gasteiger partial charge in [0.2, 0.25) is 5.88 Å². The molecule has 0 spiro atoms. The van der Waals surface area contributed by atoms with E-state index < -0.39 is 23.3 Å². The van der Waals surface area contributed by atoms with Gasteiger partial charge in [0, 0.05) is 34.7 Å². The number of hydrogen-bond donors (Lipinski definition) is 1. The van der Waals surface area contributed by atoms with Crippen LogP contribution in [0, 0.1) is 0 Å². The maximum absolute atomic E-state index is 13.5. The van der Waals surface area contributed by atoms with Crippen LogP contribution >= 0.6 is 0 Å². The van der Waals surface area contributed by atoms with Gasteiger partial charge in [0.15, 0.2) is 0 Å². The van der Waals surface area contributed by atoms with E-state index in [9.17, 15) is 14.4 Å². The molecule has 13 nitrogen and oxygen atoms in total. The molecule has 4 aromatic rings. The SMILES string of the molecule is CC1Cc2c(ncnc2Oc2ccc3c(ccn3C(=O)Nc3cc(C4(C)CC4)nn3C(=O)OC(C)(C)C)c2)CN1C(=O)OC(C)(C)C. The van der Waals surface area contributed by atoms with E-state index in [2.05, 4.69) is 27.3 Å². The molecule has 47 heavy (non-hydrogen) atoms. The fourth-order valence-corrected chi connectivity index (χ4v) is 5.44. The summed E-state index contributed by atoms with van der Waals surface area (Å²) in [5.41, 5.74) is 1.45. The van der Waals surface area contributed by atoms with Crippen molar-refractivity contribution in [1.82, 2.24) is 29.2 Å². The van der Waals surface area contributed by atoms with Crippen molar-refractivity contribution in [3.63, 3.8) is 0 Å². The molecule has 1 atom stereocenters. The third-order valence-corrected chi connectivity index (χ3v) is 8.20. The smallest absolute Gasteiger partial charge is 0.437 e. The standard InChI is InChI=1S/C34H41N7O6/c1-20-15-23-24(18-40(20)30(43)46-32(2,3)4)35-19-36-28(23)45-22-9-10-25-21(16-22)11-14-39(25)29(42)37-27-17-26(34(8)12-13-34)38-41(27)31(44)47-33(5,6)7/h9-11,14,16-17,19-20H,12-13,15,18H2,1-8H3,(H,37,42). The van der Waals surface area contributed by atoms with Gasteiger partial charge >= 0.3 is 18.2 Å². The molecule has 248 valence electrons. The van der Waals surface area contributed by atoms with Crippen molar-refractivity contribution in [2.24, 2.45) is 0 Å². The molecule has 1 saturated carbocycles. The van der Waals surface area contributed by atoms with Crippen LogP contribution in [0.4, 0.5) is 20.2 Å². The minimum atomic E-state index is -0.728. The van der Waals surface area contributed by atoms with Crippen LogP contribution in [0.2, 0.25) is 0 Å². The number of hydrogen-bond acceptors (Lipinski definition) is 9. The first-order valence-corrected chi connectivity index (χ1v) is 15.8. The van der Waals surface area contributed by atoms with Crippen molar-refractivity contribution in [2.45, 2.75) is 104 Å². The van der Waals surface area contributed by atoms with Crippen LogP contribution in [0.15, 0.2) is 42.9 Å². The molecule has 2 aliphatic rings. The zero-order chi connectivity index (χ0) is 33.9. The van der Waals surface area contributed by atoms with Crippen LogP contribution in [0.5, 0.6) is 11.6 Å². The molecule has 1 unspecified atom stereocenters. The average molecular weight is 644 g/mol. The Kier molecular flexibility index (Phi) is 7.76. The summed E-state index contributed by atoms with van der Waals surface area (Å²) in [6, 6.07) is 8.31. The lowest BCUT2D eigenvalue weighted by Gasteiger charge is -2.35. The number of benzene rings is 1. The fraction of sp³-hybridized carbons (Fsp3) is 0.471. The summed E-state index contributed by atoms with van der Waals surface area (Å²) in [6.07, 6.45) is 4.45. The van der Waals surface area contributed by atoms with Crippen LogP contribution < -0.4 is 10.1 Å². The Hall–Kier alpha value is -4.94. The third-order valence-electron chi connectivity index (χ3n) is 8.20. The van der Waals surface area contributed by atoms with Crippen LogP contribution in [-0.4, -0.2) is 64.7 Å². The predicted molar refractivity (Wildman–Crippen MR) is 174 cm³/mol. The zero-order valence-corrected chi connectivity index (χ0v) is 28.1. The Labute approximate surface area is 273 Å². The van der Waals surface area contributed by atoms with Gasteiger partial charge in [-0.25, -0.2) is 24.4 Å². The summed E-state index contributed by atoms with van der Waals surface area (Å²) >= 11 is 0. The van der Waals surface area contributed by atoms with Crippen LogP contribution in [0.3, 0.4) is 0 Å². The summed E-state index contributed by atoms with van der Waals surface area (Å²) in [6.45, 7) is 15.2. The molecule has 13 heteroatoms. The van der Waals surface area contributed by atoms with Crippen molar-refractivity contribution in [1.29, 1.82) is 0 Å². The van der Waals surface area contributed by atoms with E-state index in [1.165, 1.54) is 10.9 Å².